The largest absolute Gasteiger partial charge is 0.463 e. The Bertz CT molecular complexity index is 679. The second kappa shape index (κ2) is 8.14. The number of benzene rings is 1. The topological polar surface area (TPSA) is 67.4 Å². The number of thioether (sulfide) groups is 1. The van der Waals surface area contributed by atoms with Crippen molar-refractivity contribution in [3.63, 3.8) is 0 Å². The maximum Gasteiger partial charge on any atom is 0.337 e. The number of carbonyl (C=O) groups excluding carboxylic acids is 2. The lowest BCUT2D eigenvalue weighted by molar-refractivity contribution is -0.139. The molecule has 1 aliphatic rings. The molecule has 24 heavy (non-hydrogen) atoms. The highest BCUT2D eigenvalue weighted by Crippen LogP contribution is 2.25. The molecule has 1 aromatic carbocycles. The van der Waals surface area contributed by atoms with Crippen LogP contribution in [-0.2, 0) is 9.53 Å². The van der Waals surface area contributed by atoms with E-state index < -0.39 is 29.7 Å². The number of ether oxygens (including phenoxy) is 1. The molecule has 8 heteroatoms. The Labute approximate surface area is 142 Å². The third kappa shape index (κ3) is 4.25. The van der Waals surface area contributed by atoms with Crippen molar-refractivity contribution in [1.82, 2.24) is 10.6 Å². The van der Waals surface area contributed by atoms with Crippen molar-refractivity contribution >= 4 is 23.8 Å². The van der Waals surface area contributed by atoms with Crippen molar-refractivity contribution < 1.29 is 23.1 Å². The number of urea groups is 1. The minimum atomic E-state index is -0.944. The Balaban J connectivity index is 2.24. The smallest absolute Gasteiger partial charge is 0.337 e. The van der Waals surface area contributed by atoms with Gasteiger partial charge >= 0.3 is 12.0 Å². The van der Waals surface area contributed by atoms with E-state index in [9.17, 15) is 18.4 Å². The predicted octanol–water partition coefficient (Wildman–Crippen LogP) is 2.97. The highest BCUT2D eigenvalue weighted by atomic mass is 32.2. The fraction of sp³-hybridized carbons (Fsp3) is 0.375. The summed E-state index contributed by atoms with van der Waals surface area (Å²) in [5.74, 6) is -2.14. The van der Waals surface area contributed by atoms with Crippen LogP contribution in [0, 0.1) is 11.6 Å². The lowest BCUT2D eigenvalue weighted by Gasteiger charge is -2.28. The number of amides is 2. The zero-order valence-electron chi connectivity index (χ0n) is 13.3. The first-order chi connectivity index (χ1) is 11.5. The van der Waals surface area contributed by atoms with Gasteiger partial charge in [-0.05, 0) is 31.5 Å². The fourth-order valence-corrected chi connectivity index (χ4v) is 3.19. The third-order valence-electron chi connectivity index (χ3n) is 3.42. The number of hydrogen-bond acceptors (Lipinski definition) is 4. The molecule has 2 amide bonds. The number of hydrogen-bond donors (Lipinski definition) is 2. The molecule has 1 aromatic rings. The summed E-state index contributed by atoms with van der Waals surface area (Å²) in [6.45, 7) is 3.76. The summed E-state index contributed by atoms with van der Waals surface area (Å²) < 4.78 is 31.3. The SMILES string of the molecule is CCOC(=O)C1=C(CSc2ccc(F)c(F)c2)NC(=O)NC1CC. The summed E-state index contributed by atoms with van der Waals surface area (Å²) in [4.78, 5) is 24.4. The van der Waals surface area contributed by atoms with Crippen LogP contribution in [0.15, 0.2) is 34.4 Å². The average molecular weight is 356 g/mol. The summed E-state index contributed by atoms with van der Waals surface area (Å²) in [5, 5.41) is 5.28. The Morgan fingerprint density at radius 1 is 1.29 bits per heavy atom. The van der Waals surface area contributed by atoms with Gasteiger partial charge in [0.25, 0.3) is 0 Å². The van der Waals surface area contributed by atoms with Gasteiger partial charge in [-0.3, -0.25) is 0 Å². The Hall–Kier alpha value is -2.09. The molecule has 0 aromatic heterocycles. The normalized spacial score (nSPS) is 17.3. The molecule has 5 nitrogen and oxygen atoms in total. The van der Waals surface area contributed by atoms with E-state index in [-0.39, 0.29) is 12.4 Å². The van der Waals surface area contributed by atoms with Crippen molar-refractivity contribution in [3.05, 3.63) is 41.1 Å². The highest BCUT2D eigenvalue weighted by molar-refractivity contribution is 7.99. The molecular formula is C16H18F2N2O3S. The second-order valence-electron chi connectivity index (χ2n) is 5.04. The van der Waals surface area contributed by atoms with E-state index in [0.717, 1.165) is 12.1 Å². The van der Waals surface area contributed by atoms with Gasteiger partial charge in [0.1, 0.15) is 0 Å². The number of rotatable bonds is 6. The van der Waals surface area contributed by atoms with E-state index in [4.69, 9.17) is 4.74 Å². The van der Waals surface area contributed by atoms with Gasteiger partial charge in [-0.25, -0.2) is 18.4 Å². The van der Waals surface area contributed by atoms with Gasteiger partial charge in [0.2, 0.25) is 0 Å². The monoisotopic (exact) mass is 356 g/mol. The van der Waals surface area contributed by atoms with Crippen LogP contribution in [0.4, 0.5) is 13.6 Å². The van der Waals surface area contributed by atoms with Crippen LogP contribution in [0.5, 0.6) is 0 Å². The van der Waals surface area contributed by atoms with Crippen LogP contribution < -0.4 is 10.6 Å². The lowest BCUT2D eigenvalue weighted by atomic mass is 10.0. The maximum absolute atomic E-state index is 13.3. The summed E-state index contributed by atoms with van der Waals surface area (Å²) in [5.41, 5.74) is 0.771. The van der Waals surface area contributed by atoms with E-state index in [2.05, 4.69) is 10.6 Å². The number of nitrogens with one attached hydrogen (secondary N) is 2. The summed E-state index contributed by atoms with van der Waals surface area (Å²) >= 11 is 1.19. The van der Waals surface area contributed by atoms with Gasteiger partial charge in [0, 0.05) is 16.3 Å². The van der Waals surface area contributed by atoms with Crippen LogP contribution in [0.3, 0.4) is 0 Å². The van der Waals surface area contributed by atoms with Crippen LogP contribution in [0.2, 0.25) is 0 Å². The van der Waals surface area contributed by atoms with E-state index >= 15 is 0 Å². The minimum absolute atomic E-state index is 0.219. The van der Waals surface area contributed by atoms with Crippen LogP contribution in [0.1, 0.15) is 20.3 Å². The van der Waals surface area contributed by atoms with E-state index in [1.54, 1.807) is 6.92 Å². The molecule has 0 saturated heterocycles. The summed E-state index contributed by atoms with van der Waals surface area (Å²) in [6.07, 6.45) is 0.529. The predicted molar refractivity (Wildman–Crippen MR) is 86.5 cm³/mol. The summed E-state index contributed by atoms with van der Waals surface area (Å²) in [7, 11) is 0. The number of carbonyl (C=O) groups is 2. The average Bonchev–Trinajstić information content (AvgIpc) is 2.55. The van der Waals surface area contributed by atoms with Crippen molar-refractivity contribution in [2.24, 2.45) is 0 Å². The first-order valence-electron chi connectivity index (χ1n) is 7.51. The summed E-state index contributed by atoms with van der Waals surface area (Å²) in [6, 6.07) is 2.70. The number of esters is 1. The second-order valence-corrected chi connectivity index (χ2v) is 6.09. The molecule has 1 atom stereocenters. The van der Waals surface area contributed by atoms with Gasteiger partial charge in [-0.15, -0.1) is 11.8 Å². The molecule has 2 N–H and O–H groups in total. The first kappa shape index (κ1) is 18.3. The maximum atomic E-state index is 13.3. The Morgan fingerprint density at radius 2 is 2.04 bits per heavy atom. The van der Waals surface area contributed by atoms with Crippen molar-refractivity contribution in [3.8, 4) is 0 Å². The molecule has 0 spiro atoms. The van der Waals surface area contributed by atoms with Crippen molar-refractivity contribution in [2.75, 3.05) is 12.4 Å². The molecule has 1 aliphatic heterocycles. The van der Waals surface area contributed by atoms with E-state index in [0.29, 0.717) is 22.6 Å². The molecule has 0 bridgehead atoms. The van der Waals surface area contributed by atoms with Crippen molar-refractivity contribution in [2.45, 2.75) is 31.2 Å². The molecule has 0 radical (unpaired) electrons. The zero-order chi connectivity index (χ0) is 17.7. The molecule has 2 rings (SSSR count). The molecule has 0 fully saturated rings. The Morgan fingerprint density at radius 3 is 2.67 bits per heavy atom. The molecule has 0 aliphatic carbocycles. The zero-order valence-corrected chi connectivity index (χ0v) is 14.1. The van der Waals surface area contributed by atoms with Gasteiger partial charge in [-0.1, -0.05) is 6.92 Å². The Kier molecular flexibility index (Phi) is 6.19. The standard InChI is InChI=1S/C16H18F2N2O3S/c1-3-12-14(15(21)23-4-2)13(20-16(22)19-12)8-24-9-5-6-10(17)11(18)7-9/h5-7,12H,3-4,8H2,1-2H3,(H2,19,20,22). The third-order valence-corrected chi connectivity index (χ3v) is 4.44. The highest BCUT2D eigenvalue weighted by Gasteiger charge is 2.31. The minimum Gasteiger partial charge on any atom is -0.463 e. The van der Waals surface area contributed by atoms with Gasteiger partial charge in [0.05, 0.1) is 18.2 Å². The van der Waals surface area contributed by atoms with Gasteiger partial charge < -0.3 is 15.4 Å². The fourth-order valence-electron chi connectivity index (χ4n) is 2.30. The van der Waals surface area contributed by atoms with Crippen LogP contribution >= 0.6 is 11.8 Å². The first-order valence-corrected chi connectivity index (χ1v) is 8.50. The van der Waals surface area contributed by atoms with E-state index in [1.165, 1.54) is 17.8 Å². The molecule has 1 unspecified atom stereocenters. The van der Waals surface area contributed by atoms with Crippen LogP contribution in [-0.4, -0.2) is 30.4 Å². The molecule has 1 heterocycles. The van der Waals surface area contributed by atoms with Gasteiger partial charge in [-0.2, -0.15) is 0 Å². The molecule has 0 saturated carbocycles. The number of halogens is 2. The van der Waals surface area contributed by atoms with Crippen molar-refractivity contribution in [1.29, 1.82) is 0 Å². The van der Waals surface area contributed by atoms with Crippen LogP contribution in [0.25, 0.3) is 0 Å². The molecular weight excluding hydrogens is 338 g/mol. The van der Waals surface area contributed by atoms with Gasteiger partial charge in [0.15, 0.2) is 11.6 Å². The molecule has 130 valence electrons. The quantitative estimate of drug-likeness (QED) is 0.607. The van der Waals surface area contributed by atoms with E-state index in [1.807, 2.05) is 6.92 Å². The lowest BCUT2D eigenvalue weighted by Crippen LogP contribution is -2.50.